The maximum absolute atomic E-state index is 6.52. The summed E-state index contributed by atoms with van der Waals surface area (Å²) in [5, 5.41) is 4.56. The maximum Gasteiger partial charge on any atom is 0.231 e. The number of nitrogens with zero attached hydrogens (tertiary/aromatic N) is 4. The summed E-state index contributed by atoms with van der Waals surface area (Å²) in [5.74, 6) is 3.06. The van der Waals surface area contributed by atoms with Crippen molar-refractivity contribution in [3.63, 3.8) is 0 Å². The van der Waals surface area contributed by atoms with Gasteiger partial charge in [-0.2, -0.15) is 0 Å². The van der Waals surface area contributed by atoms with E-state index in [2.05, 4.69) is 32.1 Å². The number of anilines is 2. The van der Waals surface area contributed by atoms with Gasteiger partial charge in [0, 0.05) is 51.3 Å². The molecular formula is C26H30ClN5O5. The summed E-state index contributed by atoms with van der Waals surface area (Å²) in [6.07, 6.45) is 2.27. The van der Waals surface area contributed by atoms with E-state index in [0.29, 0.717) is 64.9 Å². The Morgan fingerprint density at radius 3 is 2.86 bits per heavy atom. The minimum absolute atomic E-state index is 0.0573. The molecule has 10 nitrogen and oxygen atoms in total. The van der Waals surface area contributed by atoms with Gasteiger partial charge < -0.3 is 33.9 Å². The minimum Gasteiger partial charge on any atom is -0.492 e. The first kappa shape index (κ1) is 24.3. The van der Waals surface area contributed by atoms with Crippen LogP contribution in [0, 0.1) is 0 Å². The number of fused-ring (bicyclic) bond motifs is 2. The third kappa shape index (κ3) is 5.33. The molecule has 1 N–H and O–H groups in total. The van der Waals surface area contributed by atoms with Crippen molar-refractivity contribution < 1.29 is 23.7 Å². The SMILES string of the molecule is CN1CCN(CCOc2cc(OC3CCOC3)c3c(Nc4c(Cl)ccc5c4OCO5)ncnc3c2)CC1. The number of nitrogens with one attached hydrogen (secondary N) is 1. The van der Waals surface area contributed by atoms with Gasteiger partial charge in [-0.3, -0.25) is 4.90 Å². The van der Waals surface area contributed by atoms with E-state index >= 15 is 0 Å². The molecule has 3 aliphatic heterocycles. The van der Waals surface area contributed by atoms with Crippen molar-refractivity contribution in [3.8, 4) is 23.0 Å². The number of piperazine rings is 1. The van der Waals surface area contributed by atoms with Gasteiger partial charge in [0.1, 0.15) is 42.0 Å². The molecule has 196 valence electrons. The number of benzene rings is 2. The van der Waals surface area contributed by atoms with E-state index in [9.17, 15) is 0 Å². The van der Waals surface area contributed by atoms with Gasteiger partial charge in [0.25, 0.3) is 0 Å². The lowest BCUT2D eigenvalue weighted by Gasteiger charge is -2.32. The normalized spacial score (nSPS) is 19.9. The Morgan fingerprint density at radius 1 is 1.14 bits per heavy atom. The van der Waals surface area contributed by atoms with Crippen LogP contribution in [0.25, 0.3) is 10.9 Å². The lowest BCUT2D eigenvalue weighted by molar-refractivity contribution is 0.133. The highest BCUT2D eigenvalue weighted by Crippen LogP contribution is 2.46. The smallest absolute Gasteiger partial charge is 0.231 e. The maximum atomic E-state index is 6.52. The molecule has 2 aromatic carbocycles. The van der Waals surface area contributed by atoms with Crippen LogP contribution in [0.5, 0.6) is 23.0 Å². The zero-order valence-electron chi connectivity index (χ0n) is 20.7. The Labute approximate surface area is 220 Å². The average molecular weight is 528 g/mol. The van der Waals surface area contributed by atoms with Gasteiger partial charge >= 0.3 is 0 Å². The molecule has 3 aromatic rings. The second kappa shape index (κ2) is 10.7. The molecule has 4 heterocycles. The summed E-state index contributed by atoms with van der Waals surface area (Å²) >= 11 is 6.52. The quantitative estimate of drug-likeness (QED) is 0.469. The van der Waals surface area contributed by atoms with Gasteiger partial charge in [0.15, 0.2) is 11.5 Å². The highest BCUT2D eigenvalue weighted by molar-refractivity contribution is 6.34. The van der Waals surface area contributed by atoms with E-state index in [1.165, 1.54) is 6.33 Å². The van der Waals surface area contributed by atoms with Crippen molar-refractivity contribution in [1.29, 1.82) is 0 Å². The van der Waals surface area contributed by atoms with Crippen LogP contribution in [-0.2, 0) is 4.74 Å². The second-order valence-electron chi connectivity index (χ2n) is 9.42. The largest absolute Gasteiger partial charge is 0.492 e. The zero-order chi connectivity index (χ0) is 25.2. The van der Waals surface area contributed by atoms with Gasteiger partial charge in [0.05, 0.1) is 29.1 Å². The van der Waals surface area contributed by atoms with Crippen LogP contribution in [0.3, 0.4) is 0 Å². The summed E-state index contributed by atoms with van der Waals surface area (Å²) < 4.78 is 29.3. The van der Waals surface area contributed by atoms with E-state index in [1.807, 2.05) is 12.1 Å². The number of hydrogen-bond donors (Lipinski definition) is 1. The van der Waals surface area contributed by atoms with Crippen LogP contribution in [0.4, 0.5) is 11.5 Å². The van der Waals surface area contributed by atoms with Gasteiger partial charge in [0.2, 0.25) is 6.79 Å². The number of likely N-dealkylation sites (N-methyl/N-ethyl adjacent to an activating group) is 1. The van der Waals surface area contributed by atoms with Crippen LogP contribution >= 0.6 is 11.6 Å². The third-order valence-corrected chi connectivity index (χ3v) is 7.18. The zero-order valence-corrected chi connectivity index (χ0v) is 21.5. The Kier molecular flexibility index (Phi) is 7.06. The highest BCUT2D eigenvalue weighted by Gasteiger charge is 2.24. The molecule has 3 aliphatic rings. The molecule has 37 heavy (non-hydrogen) atoms. The van der Waals surface area contributed by atoms with Crippen molar-refractivity contribution >= 4 is 34.0 Å². The first-order valence-electron chi connectivity index (χ1n) is 12.6. The fourth-order valence-electron chi connectivity index (χ4n) is 4.73. The summed E-state index contributed by atoms with van der Waals surface area (Å²) in [6.45, 7) is 7.07. The lowest BCUT2D eigenvalue weighted by atomic mass is 10.1. The van der Waals surface area contributed by atoms with Gasteiger partial charge in [-0.15, -0.1) is 0 Å². The number of hydrogen-bond acceptors (Lipinski definition) is 10. The van der Waals surface area contributed by atoms with E-state index in [1.54, 1.807) is 12.1 Å². The van der Waals surface area contributed by atoms with Crippen LogP contribution < -0.4 is 24.3 Å². The molecule has 11 heteroatoms. The van der Waals surface area contributed by atoms with Crippen LogP contribution in [0.1, 0.15) is 6.42 Å². The van der Waals surface area contributed by atoms with Crippen molar-refractivity contribution in [2.24, 2.45) is 0 Å². The van der Waals surface area contributed by atoms with Crippen LogP contribution in [0.15, 0.2) is 30.6 Å². The monoisotopic (exact) mass is 527 g/mol. The van der Waals surface area contributed by atoms with E-state index < -0.39 is 0 Å². The predicted octanol–water partition coefficient (Wildman–Crippen LogP) is 3.55. The van der Waals surface area contributed by atoms with Gasteiger partial charge in [-0.1, -0.05) is 11.6 Å². The molecule has 1 aromatic heterocycles. The number of aromatic nitrogens is 2. The molecule has 0 aliphatic carbocycles. The Hall–Kier alpha value is -3.05. The van der Waals surface area contributed by atoms with E-state index in [0.717, 1.165) is 44.5 Å². The van der Waals surface area contributed by atoms with E-state index in [-0.39, 0.29) is 12.9 Å². The summed E-state index contributed by atoms with van der Waals surface area (Å²) in [7, 11) is 2.16. The molecule has 2 fully saturated rings. The molecule has 6 rings (SSSR count). The van der Waals surface area contributed by atoms with Crippen LogP contribution in [-0.4, -0.2) is 92.3 Å². The molecule has 1 unspecified atom stereocenters. The Morgan fingerprint density at radius 2 is 2.03 bits per heavy atom. The standard InChI is InChI=1S/C26H30ClN5O5/c1-31-5-7-32(8-6-31)9-11-34-18-12-20-23(22(13-18)37-17-4-10-33-14-17)26(29-15-28-20)30-24-19(27)2-3-21-25(24)36-16-35-21/h2-3,12-13,15,17H,4-11,14,16H2,1H3,(H,28,29,30). The molecule has 0 amide bonds. The number of ether oxygens (including phenoxy) is 5. The second-order valence-corrected chi connectivity index (χ2v) is 9.82. The van der Waals surface area contributed by atoms with Crippen molar-refractivity contribution in [1.82, 2.24) is 19.8 Å². The molecule has 0 spiro atoms. The van der Waals surface area contributed by atoms with Crippen molar-refractivity contribution in [3.05, 3.63) is 35.6 Å². The van der Waals surface area contributed by atoms with E-state index in [4.69, 9.17) is 35.3 Å². The minimum atomic E-state index is -0.0573. The molecular weight excluding hydrogens is 498 g/mol. The molecule has 2 saturated heterocycles. The topological polar surface area (TPSA) is 90.4 Å². The fourth-order valence-corrected chi connectivity index (χ4v) is 4.93. The lowest BCUT2D eigenvalue weighted by Crippen LogP contribution is -2.45. The molecule has 0 bridgehead atoms. The van der Waals surface area contributed by atoms with Gasteiger partial charge in [-0.25, -0.2) is 9.97 Å². The van der Waals surface area contributed by atoms with Crippen molar-refractivity contribution in [2.75, 3.05) is 71.7 Å². The fraction of sp³-hybridized carbons (Fsp3) is 0.462. The average Bonchev–Trinajstić information content (AvgIpc) is 3.59. The summed E-state index contributed by atoms with van der Waals surface area (Å²) in [4.78, 5) is 13.8. The molecule has 0 radical (unpaired) electrons. The third-order valence-electron chi connectivity index (χ3n) is 6.86. The summed E-state index contributed by atoms with van der Waals surface area (Å²) in [6, 6.07) is 7.38. The van der Waals surface area contributed by atoms with Crippen molar-refractivity contribution in [2.45, 2.75) is 12.5 Å². The summed E-state index contributed by atoms with van der Waals surface area (Å²) in [5.41, 5.74) is 1.28. The number of rotatable bonds is 8. The molecule has 1 atom stereocenters. The first-order valence-corrected chi connectivity index (χ1v) is 12.9. The van der Waals surface area contributed by atoms with Gasteiger partial charge in [-0.05, 0) is 19.2 Å². The Bertz CT molecular complexity index is 1260. The first-order chi connectivity index (χ1) is 18.1. The predicted molar refractivity (Wildman–Crippen MR) is 140 cm³/mol. The highest BCUT2D eigenvalue weighted by atomic mass is 35.5. The number of halogens is 1. The Balaban J connectivity index is 1.29. The molecule has 0 saturated carbocycles. The van der Waals surface area contributed by atoms with Crippen LogP contribution in [0.2, 0.25) is 5.02 Å².